The summed E-state index contributed by atoms with van der Waals surface area (Å²) >= 11 is 8.34. The van der Waals surface area contributed by atoms with Crippen molar-refractivity contribution < 1.29 is 0 Å². The van der Waals surface area contributed by atoms with Crippen LogP contribution in [0.3, 0.4) is 0 Å². The molecule has 2 N–H and O–H groups in total. The number of benzene rings is 1. The van der Waals surface area contributed by atoms with Gasteiger partial charge in [-0.3, -0.25) is 0 Å². The van der Waals surface area contributed by atoms with E-state index in [0.717, 1.165) is 29.2 Å². The maximum absolute atomic E-state index is 6.48. The molecule has 0 saturated carbocycles. The summed E-state index contributed by atoms with van der Waals surface area (Å²) < 4.78 is 0. The molecule has 0 amide bonds. The van der Waals surface area contributed by atoms with Crippen molar-refractivity contribution in [3.8, 4) is 0 Å². The van der Waals surface area contributed by atoms with Gasteiger partial charge < -0.3 is 10.6 Å². The predicted molar refractivity (Wildman–Crippen MR) is 87.8 cm³/mol. The quantitative estimate of drug-likeness (QED) is 0.882. The Morgan fingerprint density at radius 2 is 2.20 bits per heavy atom. The molecule has 0 aliphatic carbocycles. The molecule has 1 aromatic heterocycles. The molecule has 2 atom stereocenters. The lowest BCUT2D eigenvalue weighted by atomic mass is 10.00. The molecule has 1 aliphatic heterocycles. The summed E-state index contributed by atoms with van der Waals surface area (Å²) in [5.74, 6) is 0. The summed E-state index contributed by atoms with van der Waals surface area (Å²) in [5.41, 5.74) is 9.55. The van der Waals surface area contributed by atoms with Crippen LogP contribution in [-0.2, 0) is 6.42 Å². The van der Waals surface area contributed by atoms with Crippen molar-refractivity contribution in [3.05, 3.63) is 50.7 Å². The Labute approximate surface area is 129 Å². The molecule has 106 valence electrons. The van der Waals surface area contributed by atoms with E-state index in [1.807, 2.05) is 24.3 Å². The van der Waals surface area contributed by atoms with E-state index in [-0.39, 0.29) is 6.04 Å². The van der Waals surface area contributed by atoms with Crippen molar-refractivity contribution in [3.63, 3.8) is 0 Å². The minimum atomic E-state index is 0.0174. The second-order valence-electron chi connectivity index (χ2n) is 5.42. The molecular weight excluding hydrogens is 288 g/mol. The Hall–Kier alpha value is -1.03. The highest BCUT2D eigenvalue weighted by Gasteiger charge is 2.26. The molecule has 2 nitrogen and oxygen atoms in total. The van der Waals surface area contributed by atoms with Crippen LogP contribution in [0.1, 0.15) is 41.9 Å². The summed E-state index contributed by atoms with van der Waals surface area (Å²) in [6.45, 7) is 5.25. The first kappa shape index (κ1) is 13.9. The zero-order chi connectivity index (χ0) is 14.3. The molecule has 2 aromatic rings. The summed E-state index contributed by atoms with van der Waals surface area (Å²) in [7, 11) is 0. The molecule has 0 radical (unpaired) electrons. The van der Waals surface area contributed by atoms with Crippen molar-refractivity contribution >= 4 is 28.6 Å². The lowest BCUT2D eigenvalue weighted by Gasteiger charge is -2.36. The fourth-order valence-corrected chi connectivity index (χ4v) is 4.14. The smallest absolute Gasteiger partial charge is 0.0643 e. The first-order valence-electron chi connectivity index (χ1n) is 6.96. The van der Waals surface area contributed by atoms with Crippen molar-refractivity contribution in [1.82, 2.24) is 0 Å². The minimum absolute atomic E-state index is 0.0174. The number of hydrogen-bond donors (Lipinski definition) is 1. The van der Waals surface area contributed by atoms with Gasteiger partial charge in [-0.2, -0.15) is 0 Å². The highest BCUT2D eigenvalue weighted by Crippen LogP contribution is 2.39. The molecule has 2 unspecified atom stereocenters. The van der Waals surface area contributed by atoms with Gasteiger partial charge in [0.15, 0.2) is 0 Å². The largest absolute Gasteiger partial charge is 0.363 e. The van der Waals surface area contributed by atoms with Gasteiger partial charge in [0.2, 0.25) is 0 Å². The van der Waals surface area contributed by atoms with Gasteiger partial charge in [-0.15, -0.1) is 11.3 Å². The molecule has 20 heavy (non-hydrogen) atoms. The van der Waals surface area contributed by atoms with E-state index in [1.54, 1.807) is 0 Å². The Kier molecular flexibility index (Phi) is 3.76. The second-order valence-corrected chi connectivity index (χ2v) is 6.83. The van der Waals surface area contributed by atoms with Gasteiger partial charge in [0.05, 0.1) is 16.8 Å². The van der Waals surface area contributed by atoms with E-state index in [9.17, 15) is 0 Å². The normalized spacial score (nSPS) is 19.8. The molecule has 1 aromatic carbocycles. The first-order chi connectivity index (χ1) is 9.58. The fourth-order valence-electron chi connectivity index (χ4n) is 2.88. The molecule has 2 heterocycles. The topological polar surface area (TPSA) is 29.3 Å². The number of anilines is 1. The number of rotatable bonds is 2. The zero-order valence-electron chi connectivity index (χ0n) is 11.8. The Balaban J connectivity index is 1.94. The molecule has 0 spiro atoms. The van der Waals surface area contributed by atoms with Gasteiger partial charge in [-0.1, -0.05) is 17.7 Å². The highest BCUT2D eigenvalue weighted by atomic mass is 35.5. The zero-order valence-corrected chi connectivity index (χ0v) is 13.3. The van der Waals surface area contributed by atoms with E-state index in [2.05, 4.69) is 35.4 Å². The predicted octanol–water partition coefficient (Wildman–Crippen LogP) is 4.54. The molecular formula is C16H19ClN2S. The molecule has 0 fully saturated rings. The van der Waals surface area contributed by atoms with Crippen LogP contribution in [0.5, 0.6) is 0 Å². The van der Waals surface area contributed by atoms with Crippen LogP contribution >= 0.6 is 22.9 Å². The summed E-state index contributed by atoms with van der Waals surface area (Å²) in [5, 5.41) is 2.98. The van der Waals surface area contributed by atoms with Crippen LogP contribution in [0.2, 0.25) is 5.02 Å². The highest BCUT2D eigenvalue weighted by molar-refractivity contribution is 7.10. The van der Waals surface area contributed by atoms with Gasteiger partial charge >= 0.3 is 0 Å². The third-order valence-corrected chi connectivity index (χ3v) is 5.38. The summed E-state index contributed by atoms with van der Waals surface area (Å²) in [6.07, 6.45) is 1.10. The number of nitrogens with zero attached hydrogens (tertiary/aromatic N) is 1. The average molecular weight is 307 g/mol. The van der Waals surface area contributed by atoms with Crippen LogP contribution in [-0.4, -0.2) is 6.54 Å². The average Bonchev–Trinajstić information content (AvgIpc) is 2.89. The van der Waals surface area contributed by atoms with E-state index >= 15 is 0 Å². The van der Waals surface area contributed by atoms with E-state index < -0.39 is 0 Å². The van der Waals surface area contributed by atoms with Gasteiger partial charge in [-0.05, 0) is 55.0 Å². The lowest BCUT2D eigenvalue weighted by Crippen LogP contribution is -2.33. The second kappa shape index (κ2) is 5.40. The third kappa shape index (κ3) is 2.34. The number of halogens is 1. The van der Waals surface area contributed by atoms with Crippen molar-refractivity contribution in [1.29, 1.82) is 0 Å². The minimum Gasteiger partial charge on any atom is -0.363 e. The standard InChI is InChI=1S/C16H19ClN2S/c1-10(18)12-3-4-15(14(17)9-12)19-7-5-16-13(11(19)2)6-8-20-16/h3-4,6,8-11H,5,7,18H2,1-2H3. The Bertz CT molecular complexity index is 621. The maximum Gasteiger partial charge on any atom is 0.0643 e. The SMILES string of the molecule is CC(N)c1ccc(N2CCc3sccc3C2C)c(Cl)c1. The summed E-state index contributed by atoms with van der Waals surface area (Å²) in [4.78, 5) is 3.90. The van der Waals surface area contributed by atoms with E-state index in [0.29, 0.717) is 6.04 Å². The lowest BCUT2D eigenvalue weighted by molar-refractivity contribution is 0.632. The number of fused-ring (bicyclic) bond motifs is 1. The van der Waals surface area contributed by atoms with E-state index in [1.165, 1.54) is 10.4 Å². The van der Waals surface area contributed by atoms with Gasteiger partial charge in [0.1, 0.15) is 0 Å². The van der Waals surface area contributed by atoms with Crippen LogP contribution in [0.25, 0.3) is 0 Å². The van der Waals surface area contributed by atoms with Crippen molar-refractivity contribution in [2.45, 2.75) is 32.4 Å². The molecule has 3 rings (SSSR count). The van der Waals surface area contributed by atoms with Gasteiger partial charge in [-0.25, -0.2) is 0 Å². The van der Waals surface area contributed by atoms with Crippen LogP contribution in [0, 0.1) is 0 Å². The Morgan fingerprint density at radius 1 is 1.40 bits per heavy atom. The fraction of sp³-hybridized carbons (Fsp3) is 0.375. The van der Waals surface area contributed by atoms with Gasteiger partial charge in [0.25, 0.3) is 0 Å². The van der Waals surface area contributed by atoms with E-state index in [4.69, 9.17) is 17.3 Å². The van der Waals surface area contributed by atoms with Crippen LogP contribution < -0.4 is 10.6 Å². The van der Waals surface area contributed by atoms with Crippen molar-refractivity contribution in [2.75, 3.05) is 11.4 Å². The number of hydrogen-bond acceptors (Lipinski definition) is 3. The van der Waals surface area contributed by atoms with Gasteiger partial charge in [0, 0.05) is 17.5 Å². The molecule has 1 aliphatic rings. The number of thiophene rings is 1. The summed E-state index contributed by atoms with van der Waals surface area (Å²) in [6, 6.07) is 8.82. The van der Waals surface area contributed by atoms with Crippen molar-refractivity contribution in [2.24, 2.45) is 5.73 Å². The van der Waals surface area contributed by atoms with Crippen LogP contribution in [0.15, 0.2) is 29.6 Å². The molecule has 0 saturated heterocycles. The third-order valence-electron chi connectivity index (χ3n) is 4.08. The van der Waals surface area contributed by atoms with Crippen LogP contribution in [0.4, 0.5) is 5.69 Å². The first-order valence-corrected chi connectivity index (χ1v) is 8.21. The number of nitrogens with two attached hydrogens (primary N) is 1. The molecule has 4 heteroatoms. The molecule has 0 bridgehead atoms. The monoisotopic (exact) mass is 306 g/mol. The Morgan fingerprint density at radius 3 is 2.90 bits per heavy atom. The maximum atomic E-state index is 6.48.